The van der Waals surface area contributed by atoms with Gasteiger partial charge >= 0.3 is 5.97 Å². The lowest BCUT2D eigenvalue weighted by Gasteiger charge is -2.18. The predicted octanol–water partition coefficient (Wildman–Crippen LogP) is 4.90. The molecule has 4 nitrogen and oxygen atoms in total. The highest BCUT2D eigenvalue weighted by atomic mass is 16.6. The summed E-state index contributed by atoms with van der Waals surface area (Å²) in [5.41, 5.74) is 3.94. The first-order chi connectivity index (χ1) is 13.7. The third-order valence-corrected chi connectivity index (χ3v) is 5.00. The van der Waals surface area contributed by atoms with E-state index in [1.54, 1.807) is 0 Å². The van der Waals surface area contributed by atoms with Crippen molar-refractivity contribution in [1.29, 1.82) is 0 Å². The molecule has 0 bridgehead atoms. The average molecular weight is 397 g/mol. The third-order valence-electron chi connectivity index (χ3n) is 5.00. The van der Waals surface area contributed by atoms with Crippen molar-refractivity contribution in [1.82, 2.24) is 0 Å². The van der Waals surface area contributed by atoms with Crippen LogP contribution < -0.4 is 0 Å². The van der Waals surface area contributed by atoms with Crippen LogP contribution in [0, 0.1) is 0 Å². The van der Waals surface area contributed by atoms with Crippen LogP contribution in [0.5, 0.6) is 0 Å². The maximum absolute atomic E-state index is 12.3. The molecule has 0 radical (unpaired) electrons. The highest BCUT2D eigenvalue weighted by molar-refractivity contribution is 5.70. The highest BCUT2D eigenvalue weighted by Crippen LogP contribution is 2.37. The zero-order chi connectivity index (χ0) is 21.6. The van der Waals surface area contributed by atoms with Crippen LogP contribution in [-0.4, -0.2) is 35.5 Å². The molecule has 2 fully saturated rings. The SMILES string of the molecule is C=C(C)/C=C/C/C=C\[C@@H]1CC(=C)[C@@H]2O[C@H]2[C@H](O)C(=C)CC(=C)C(=C)CCC(=O)O1. The topological polar surface area (TPSA) is 59.1 Å². The van der Waals surface area contributed by atoms with Gasteiger partial charge in [0.05, 0.1) is 0 Å². The van der Waals surface area contributed by atoms with Gasteiger partial charge in [0.2, 0.25) is 0 Å². The van der Waals surface area contributed by atoms with E-state index in [0.29, 0.717) is 31.3 Å². The molecule has 2 saturated heterocycles. The average Bonchev–Trinajstić information content (AvgIpc) is 3.44. The van der Waals surface area contributed by atoms with E-state index in [-0.39, 0.29) is 24.6 Å². The van der Waals surface area contributed by atoms with E-state index in [9.17, 15) is 9.90 Å². The Labute approximate surface area is 174 Å². The first-order valence-corrected chi connectivity index (χ1v) is 9.92. The molecule has 0 amide bonds. The Balaban J connectivity index is 2.11. The van der Waals surface area contributed by atoms with Crippen LogP contribution in [0.25, 0.3) is 0 Å². The second kappa shape index (κ2) is 10.4. The highest BCUT2D eigenvalue weighted by Gasteiger charge is 2.47. The lowest BCUT2D eigenvalue weighted by Crippen LogP contribution is -2.23. The standard InChI is InChI=1S/C25H32O4/c1-16(2)10-8-7-9-11-21-15-20(6)24-25(29-24)23(27)19(5)14-18(4)17(3)12-13-22(26)28-21/h8-11,21,23-25,27H,1,3-7,12-15H2,2H3/b10-8+,11-9-/t21-,23-,24+,25+/m1/s1. The number of allylic oxidation sites excluding steroid dienone is 6. The van der Waals surface area contributed by atoms with Crippen molar-refractivity contribution >= 4 is 5.97 Å². The largest absolute Gasteiger partial charge is 0.458 e. The number of aliphatic hydroxyl groups excluding tert-OH is 1. The van der Waals surface area contributed by atoms with Crippen LogP contribution in [0.15, 0.2) is 85.1 Å². The van der Waals surface area contributed by atoms with Crippen LogP contribution >= 0.6 is 0 Å². The van der Waals surface area contributed by atoms with Crippen molar-refractivity contribution in [2.45, 2.75) is 63.4 Å². The van der Waals surface area contributed by atoms with Crippen LogP contribution in [0.2, 0.25) is 0 Å². The van der Waals surface area contributed by atoms with E-state index in [1.807, 2.05) is 31.2 Å². The van der Waals surface area contributed by atoms with E-state index in [2.05, 4.69) is 32.9 Å². The second-order valence-electron chi connectivity index (χ2n) is 7.81. The summed E-state index contributed by atoms with van der Waals surface area (Å²) < 4.78 is 11.3. The maximum atomic E-state index is 12.3. The molecule has 2 heterocycles. The Hall–Kier alpha value is -2.43. The summed E-state index contributed by atoms with van der Waals surface area (Å²) in [5, 5.41) is 10.5. The van der Waals surface area contributed by atoms with E-state index >= 15 is 0 Å². The third kappa shape index (κ3) is 7.15. The number of ether oxygens (including phenoxy) is 2. The number of hydrogen-bond acceptors (Lipinski definition) is 4. The minimum absolute atomic E-state index is 0.224. The van der Waals surface area contributed by atoms with Gasteiger partial charge in [-0.3, -0.25) is 4.79 Å². The minimum atomic E-state index is -0.784. The zero-order valence-corrected chi connectivity index (χ0v) is 17.4. The van der Waals surface area contributed by atoms with Gasteiger partial charge in [-0.05, 0) is 49.0 Å². The second-order valence-corrected chi connectivity index (χ2v) is 7.81. The number of aliphatic hydroxyl groups is 1. The molecule has 2 rings (SSSR count). The summed E-state index contributed by atoms with van der Waals surface area (Å²) in [6, 6.07) is 0. The predicted molar refractivity (Wildman–Crippen MR) is 117 cm³/mol. The fraction of sp³-hybridized carbons (Fsp3) is 0.400. The first kappa shape index (κ1) is 22.9. The van der Waals surface area contributed by atoms with Gasteiger partial charge in [0, 0.05) is 12.8 Å². The number of esters is 1. The summed E-state index contributed by atoms with van der Waals surface area (Å²) in [5.74, 6) is -0.289. The molecular formula is C25H32O4. The number of cyclic esters (lactones) is 1. The van der Waals surface area contributed by atoms with Gasteiger partial charge in [-0.2, -0.15) is 0 Å². The number of carbonyl (C=O) groups excluding carboxylic acids is 1. The van der Waals surface area contributed by atoms with Gasteiger partial charge in [-0.25, -0.2) is 0 Å². The van der Waals surface area contributed by atoms with E-state index in [4.69, 9.17) is 9.47 Å². The number of hydrogen-bond donors (Lipinski definition) is 1. The molecule has 29 heavy (non-hydrogen) atoms. The molecule has 2 aliphatic heterocycles. The molecule has 0 unspecified atom stereocenters. The molecule has 0 saturated carbocycles. The summed E-state index contributed by atoms with van der Waals surface area (Å²) in [4.78, 5) is 12.3. The van der Waals surface area contributed by atoms with Crippen LogP contribution in [-0.2, 0) is 14.3 Å². The molecule has 4 atom stereocenters. The first-order valence-electron chi connectivity index (χ1n) is 9.92. The Bertz CT molecular complexity index is 768. The molecular weight excluding hydrogens is 364 g/mol. The lowest BCUT2D eigenvalue weighted by molar-refractivity contribution is -0.146. The Morgan fingerprint density at radius 3 is 2.55 bits per heavy atom. The molecule has 2 aliphatic rings. The van der Waals surface area contributed by atoms with Crippen LogP contribution in [0.4, 0.5) is 0 Å². The smallest absolute Gasteiger partial charge is 0.306 e. The lowest BCUT2D eigenvalue weighted by atomic mass is 9.92. The Kier molecular flexibility index (Phi) is 8.18. The monoisotopic (exact) mass is 396 g/mol. The van der Waals surface area contributed by atoms with Crippen molar-refractivity contribution in [3.8, 4) is 0 Å². The number of carbonyl (C=O) groups is 1. The molecule has 0 aromatic heterocycles. The van der Waals surface area contributed by atoms with Crippen LogP contribution in [0.1, 0.15) is 39.0 Å². The van der Waals surface area contributed by atoms with Crippen molar-refractivity contribution in [3.05, 3.63) is 85.1 Å². The summed E-state index contributed by atoms with van der Waals surface area (Å²) >= 11 is 0. The molecule has 1 N–H and O–H groups in total. The molecule has 0 aromatic carbocycles. The summed E-state index contributed by atoms with van der Waals surface area (Å²) in [6.45, 7) is 21.8. The Morgan fingerprint density at radius 1 is 1.14 bits per heavy atom. The number of rotatable bonds is 4. The number of fused-ring (bicyclic) bond motifs is 1. The van der Waals surface area contributed by atoms with Crippen molar-refractivity contribution < 1.29 is 19.4 Å². The quantitative estimate of drug-likeness (QED) is 0.318. The van der Waals surface area contributed by atoms with E-state index in [0.717, 1.165) is 22.3 Å². The molecule has 0 aromatic rings. The van der Waals surface area contributed by atoms with Gasteiger partial charge in [0.15, 0.2) is 0 Å². The van der Waals surface area contributed by atoms with Crippen molar-refractivity contribution in [2.24, 2.45) is 0 Å². The zero-order valence-electron chi connectivity index (χ0n) is 17.4. The van der Waals surface area contributed by atoms with Crippen molar-refractivity contribution in [3.63, 3.8) is 0 Å². The van der Waals surface area contributed by atoms with Gasteiger partial charge in [0.25, 0.3) is 0 Å². The molecule has 0 aliphatic carbocycles. The van der Waals surface area contributed by atoms with E-state index in [1.165, 1.54) is 0 Å². The number of epoxide rings is 1. The fourth-order valence-corrected chi connectivity index (χ4v) is 3.19. The van der Waals surface area contributed by atoms with Gasteiger partial charge < -0.3 is 14.6 Å². The maximum Gasteiger partial charge on any atom is 0.306 e. The van der Waals surface area contributed by atoms with Gasteiger partial charge in [-0.1, -0.05) is 62.3 Å². The van der Waals surface area contributed by atoms with Gasteiger partial charge in [-0.15, -0.1) is 0 Å². The van der Waals surface area contributed by atoms with E-state index < -0.39 is 12.2 Å². The van der Waals surface area contributed by atoms with Crippen LogP contribution in [0.3, 0.4) is 0 Å². The molecule has 4 heteroatoms. The Morgan fingerprint density at radius 2 is 1.86 bits per heavy atom. The normalized spacial score (nSPS) is 29.7. The fourth-order valence-electron chi connectivity index (χ4n) is 3.19. The summed E-state index contributed by atoms with van der Waals surface area (Å²) in [6.07, 6.45) is 8.19. The minimum Gasteiger partial charge on any atom is -0.458 e. The van der Waals surface area contributed by atoms with Gasteiger partial charge in [0.1, 0.15) is 24.4 Å². The molecule has 0 spiro atoms. The van der Waals surface area contributed by atoms with Crippen molar-refractivity contribution in [2.75, 3.05) is 0 Å². The molecule has 156 valence electrons. The summed E-state index contributed by atoms with van der Waals surface area (Å²) in [7, 11) is 0.